The third-order valence-corrected chi connectivity index (χ3v) is 4.67. The van der Waals surface area contributed by atoms with E-state index in [2.05, 4.69) is 21.7 Å². The van der Waals surface area contributed by atoms with Crippen LogP contribution in [0.2, 0.25) is 0 Å². The zero-order valence-corrected chi connectivity index (χ0v) is 11.3. The highest BCUT2D eigenvalue weighted by molar-refractivity contribution is 5.07. The van der Waals surface area contributed by atoms with Crippen LogP contribution in [0.25, 0.3) is 0 Å². The van der Waals surface area contributed by atoms with Crippen molar-refractivity contribution < 1.29 is 0 Å². The molecule has 4 heteroatoms. The van der Waals surface area contributed by atoms with Crippen LogP contribution >= 0.6 is 0 Å². The van der Waals surface area contributed by atoms with Gasteiger partial charge in [-0.15, -0.1) is 10.2 Å². The third kappa shape index (κ3) is 2.18. The van der Waals surface area contributed by atoms with E-state index in [1.54, 1.807) is 0 Å². The average Bonchev–Trinajstić information content (AvgIpc) is 2.96. The Kier molecular flexibility index (Phi) is 3.37. The second-order valence-corrected chi connectivity index (χ2v) is 6.04. The van der Waals surface area contributed by atoms with Gasteiger partial charge in [0.1, 0.15) is 11.6 Å². The maximum atomic E-state index is 6.04. The highest BCUT2D eigenvalue weighted by atomic mass is 15.3. The Labute approximate surface area is 109 Å². The van der Waals surface area contributed by atoms with Gasteiger partial charge in [0, 0.05) is 18.0 Å². The molecule has 2 aliphatic rings. The number of hydrogen-bond donors (Lipinski definition) is 1. The molecule has 0 bridgehead atoms. The minimum absolute atomic E-state index is 0.367. The molecule has 2 N–H and O–H groups in total. The van der Waals surface area contributed by atoms with Crippen LogP contribution in [-0.4, -0.2) is 20.8 Å². The molecular formula is C14H24N4. The summed E-state index contributed by atoms with van der Waals surface area (Å²) in [4.78, 5) is 0. The molecule has 4 nitrogen and oxygen atoms in total. The Balaban J connectivity index is 1.86. The van der Waals surface area contributed by atoms with Gasteiger partial charge in [0.15, 0.2) is 0 Å². The summed E-state index contributed by atoms with van der Waals surface area (Å²) in [6, 6.07) is 1.01. The van der Waals surface area contributed by atoms with Crippen LogP contribution < -0.4 is 5.73 Å². The lowest BCUT2D eigenvalue weighted by Crippen LogP contribution is -2.19. The topological polar surface area (TPSA) is 56.7 Å². The number of aromatic nitrogens is 3. The second-order valence-electron chi connectivity index (χ2n) is 6.04. The highest BCUT2D eigenvalue weighted by Gasteiger charge is 2.30. The molecule has 2 atom stereocenters. The van der Waals surface area contributed by atoms with Crippen molar-refractivity contribution >= 4 is 0 Å². The van der Waals surface area contributed by atoms with Gasteiger partial charge in [0.2, 0.25) is 0 Å². The molecule has 0 saturated heterocycles. The van der Waals surface area contributed by atoms with E-state index in [1.165, 1.54) is 44.3 Å². The zero-order valence-electron chi connectivity index (χ0n) is 11.3. The van der Waals surface area contributed by atoms with Gasteiger partial charge in [-0.05, 0) is 39.0 Å². The first-order chi connectivity index (χ1) is 8.75. The summed E-state index contributed by atoms with van der Waals surface area (Å²) in [7, 11) is 0. The van der Waals surface area contributed by atoms with E-state index in [1.807, 2.05) is 0 Å². The fraction of sp³-hybridized carbons (Fsp3) is 0.857. The Hall–Kier alpha value is -0.900. The van der Waals surface area contributed by atoms with Crippen molar-refractivity contribution in [2.24, 2.45) is 5.73 Å². The minimum Gasteiger partial charge on any atom is -0.328 e. The quantitative estimate of drug-likeness (QED) is 0.875. The van der Waals surface area contributed by atoms with Gasteiger partial charge in [0.25, 0.3) is 0 Å². The number of hydrogen-bond acceptors (Lipinski definition) is 3. The van der Waals surface area contributed by atoms with Crippen LogP contribution in [0.15, 0.2) is 0 Å². The van der Waals surface area contributed by atoms with Crippen LogP contribution in [0.4, 0.5) is 0 Å². The van der Waals surface area contributed by atoms with Gasteiger partial charge >= 0.3 is 0 Å². The van der Waals surface area contributed by atoms with Crippen molar-refractivity contribution in [3.8, 4) is 0 Å². The minimum atomic E-state index is 0.367. The smallest absolute Gasteiger partial charge is 0.136 e. The molecular weight excluding hydrogens is 224 g/mol. The van der Waals surface area contributed by atoms with Crippen molar-refractivity contribution in [3.05, 3.63) is 11.6 Å². The van der Waals surface area contributed by atoms with E-state index in [9.17, 15) is 0 Å². The Morgan fingerprint density at radius 1 is 1.06 bits per heavy atom. The van der Waals surface area contributed by atoms with Crippen LogP contribution in [-0.2, 0) is 0 Å². The molecule has 0 unspecified atom stereocenters. The van der Waals surface area contributed by atoms with Gasteiger partial charge in [-0.2, -0.15) is 0 Å². The number of nitrogens with zero attached hydrogens (tertiary/aromatic N) is 3. The largest absolute Gasteiger partial charge is 0.328 e. The molecule has 1 aromatic rings. The number of nitrogens with two attached hydrogens (primary N) is 1. The lowest BCUT2D eigenvalue weighted by Gasteiger charge is -2.26. The number of aryl methyl sites for hydroxylation is 1. The molecule has 0 radical (unpaired) electrons. The van der Waals surface area contributed by atoms with Crippen molar-refractivity contribution in [3.63, 3.8) is 0 Å². The molecule has 2 saturated carbocycles. The van der Waals surface area contributed by atoms with Crippen molar-refractivity contribution in [2.45, 2.75) is 76.3 Å². The summed E-state index contributed by atoms with van der Waals surface area (Å²) in [5.41, 5.74) is 6.04. The van der Waals surface area contributed by atoms with Gasteiger partial charge < -0.3 is 10.3 Å². The molecule has 0 aromatic carbocycles. The first-order valence-corrected chi connectivity index (χ1v) is 7.42. The molecule has 1 aromatic heterocycles. The SMILES string of the molecule is Cc1nnc([C@@H]2CC[C@H](N)C2)n1C1CCCCC1. The van der Waals surface area contributed by atoms with Gasteiger partial charge in [-0.1, -0.05) is 19.3 Å². The standard InChI is InChI=1S/C14H24N4/c1-10-16-17-14(11-7-8-12(15)9-11)18(10)13-5-3-2-4-6-13/h11-13H,2-9,15H2,1H3/t11-,12+/m1/s1. The van der Waals surface area contributed by atoms with Crippen LogP contribution in [0.5, 0.6) is 0 Å². The summed E-state index contributed by atoms with van der Waals surface area (Å²) in [5, 5.41) is 8.80. The first kappa shape index (κ1) is 12.2. The predicted octanol–water partition coefficient (Wildman–Crippen LogP) is 2.69. The second kappa shape index (κ2) is 5.00. The van der Waals surface area contributed by atoms with Crippen LogP contribution in [0, 0.1) is 6.92 Å². The molecule has 1 heterocycles. The summed E-state index contributed by atoms with van der Waals surface area (Å²) >= 11 is 0. The molecule has 0 aliphatic heterocycles. The van der Waals surface area contributed by atoms with E-state index in [4.69, 9.17) is 5.73 Å². The molecule has 2 fully saturated rings. The maximum absolute atomic E-state index is 6.04. The summed E-state index contributed by atoms with van der Waals surface area (Å²) in [6.45, 7) is 2.10. The van der Waals surface area contributed by atoms with Crippen molar-refractivity contribution in [2.75, 3.05) is 0 Å². The highest BCUT2D eigenvalue weighted by Crippen LogP contribution is 2.37. The molecule has 0 amide bonds. The normalized spacial score (nSPS) is 29.9. The number of rotatable bonds is 2. The lowest BCUT2D eigenvalue weighted by molar-refractivity contribution is 0.335. The molecule has 100 valence electrons. The van der Waals surface area contributed by atoms with Crippen molar-refractivity contribution in [1.29, 1.82) is 0 Å². The van der Waals surface area contributed by atoms with E-state index in [0.29, 0.717) is 18.0 Å². The van der Waals surface area contributed by atoms with E-state index in [0.717, 1.165) is 18.7 Å². The van der Waals surface area contributed by atoms with Gasteiger partial charge in [-0.25, -0.2) is 0 Å². The van der Waals surface area contributed by atoms with Gasteiger partial charge in [-0.3, -0.25) is 0 Å². The molecule has 0 spiro atoms. The van der Waals surface area contributed by atoms with Gasteiger partial charge in [0.05, 0.1) is 0 Å². The lowest BCUT2D eigenvalue weighted by atomic mass is 9.94. The third-order valence-electron chi connectivity index (χ3n) is 4.67. The summed E-state index contributed by atoms with van der Waals surface area (Å²) < 4.78 is 2.43. The summed E-state index contributed by atoms with van der Waals surface area (Å²) in [6.07, 6.45) is 10.1. The van der Waals surface area contributed by atoms with Crippen LogP contribution in [0.1, 0.15) is 75.0 Å². The summed E-state index contributed by atoms with van der Waals surface area (Å²) in [5.74, 6) is 2.85. The Bertz CT molecular complexity index is 406. The molecule has 3 rings (SSSR count). The first-order valence-electron chi connectivity index (χ1n) is 7.42. The molecule has 18 heavy (non-hydrogen) atoms. The van der Waals surface area contributed by atoms with Crippen molar-refractivity contribution in [1.82, 2.24) is 14.8 Å². The maximum Gasteiger partial charge on any atom is 0.136 e. The average molecular weight is 248 g/mol. The molecule has 2 aliphatic carbocycles. The fourth-order valence-corrected chi connectivity index (χ4v) is 3.71. The van der Waals surface area contributed by atoms with E-state index in [-0.39, 0.29) is 0 Å². The van der Waals surface area contributed by atoms with Crippen LogP contribution in [0.3, 0.4) is 0 Å². The monoisotopic (exact) mass is 248 g/mol. The predicted molar refractivity (Wildman–Crippen MR) is 71.4 cm³/mol. The fourth-order valence-electron chi connectivity index (χ4n) is 3.71. The van der Waals surface area contributed by atoms with E-state index < -0.39 is 0 Å². The Morgan fingerprint density at radius 3 is 2.50 bits per heavy atom. The Morgan fingerprint density at radius 2 is 1.83 bits per heavy atom. The zero-order chi connectivity index (χ0) is 12.5. The van der Waals surface area contributed by atoms with E-state index >= 15 is 0 Å².